The summed E-state index contributed by atoms with van der Waals surface area (Å²) in [5.41, 5.74) is 8.70. The monoisotopic (exact) mass is 517 g/mol. The van der Waals surface area contributed by atoms with E-state index in [2.05, 4.69) is 133 Å². The van der Waals surface area contributed by atoms with E-state index >= 15 is 0 Å². The number of hydrogen-bond donors (Lipinski definition) is 1. The number of para-hydroxylation sites is 1. The minimum atomic E-state index is 0.909. The van der Waals surface area contributed by atoms with Crippen LogP contribution in [0.5, 0.6) is 0 Å². The van der Waals surface area contributed by atoms with E-state index < -0.39 is 0 Å². The lowest BCUT2D eigenvalue weighted by molar-refractivity contribution is 0.670. The van der Waals surface area contributed by atoms with Gasteiger partial charge in [0.15, 0.2) is 0 Å². The Labute approximate surface area is 229 Å². The summed E-state index contributed by atoms with van der Waals surface area (Å²) in [5.74, 6) is 0. The van der Waals surface area contributed by atoms with E-state index in [4.69, 9.17) is 4.42 Å². The van der Waals surface area contributed by atoms with Crippen molar-refractivity contribution in [3.8, 4) is 22.3 Å². The van der Waals surface area contributed by atoms with Gasteiger partial charge in [0.2, 0.25) is 0 Å². The minimum Gasteiger partial charge on any atom is -0.455 e. The van der Waals surface area contributed by atoms with Crippen LogP contribution in [-0.2, 0) is 0 Å². The Hall–Kier alpha value is -4.86. The zero-order valence-corrected chi connectivity index (χ0v) is 21.8. The molecule has 0 radical (unpaired) electrons. The Balaban J connectivity index is 1.14. The summed E-state index contributed by atoms with van der Waals surface area (Å²) >= 11 is 1.84. The van der Waals surface area contributed by atoms with Crippen LogP contribution >= 0.6 is 11.3 Å². The molecule has 2 heterocycles. The largest absolute Gasteiger partial charge is 0.455 e. The Morgan fingerprint density at radius 3 is 2.15 bits per heavy atom. The average molecular weight is 518 g/mol. The fraction of sp³-hybridized carbons (Fsp3) is 0. The molecule has 39 heavy (non-hydrogen) atoms. The number of benzene rings is 6. The van der Waals surface area contributed by atoms with Gasteiger partial charge in [0.1, 0.15) is 11.2 Å². The van der Waals surface area contributed by atoms with Gasteiger partial charge in [0, 0.05) is 37.5 Å². The molecule has 0 aliphatic heterocycles. The Kier molecular flexibility index (Phi) is 5.04. The zero-order valence-electron chi connectivity index (χ0n) is 21.0. The summed E-state index contributed by atoms with van der Waals surface area (Å²) in [5, 5.41) is 8.55. The first-order valence-electron chi connectivity index (χ1n) is 13.1. The van der Waals surface area contributed by atoms with Crippen LogP contribution in [0, 0.1) is 0 Å². The van der Waals surface area contributed by atoms with Gasteiger partial charge >= 0.3 is 0 Å². The maximum absolute atomic E-state index is 6.36. The van der Waals surface area contributed by atoms with Crippen LogP contribution < -0.4 is 5.32 Å². The molecule has 6 aromatic carbocycles. The van der Waals surface area contributed by atoms with Crippen molar-refractivity contribution in [3.63, 3.8) is 0 Å². The number of nitrogens with one attached hydrogen (secondary N) is 1. The first-order valence-corrected chi connectivity index (χ1v) is 13.9. The topological polar surface area (TPSA) is 25.2 Å². The second-order valence-corrected chi connectivity index (χ2v) is 10.9. The SMILES string of the molecule is c1ccc(-c2cccc3c2oc2ccc(-c4ccc(Nc5cccc6c5sc5ccccc56)cc4)cc23)cc1. The molecule has 184 valence electrons. The Bertz CT molecular complexity index is 2140. The molecule has 2 nitrogen and oxygen atoms in total. The quantitative estimate of drug-likeness (QED) is 0.251. The van der Waals surface area contributed by atoms with Crippen molar-refractivity contribution >= 4 is 64.8 Å². The molecule has 0 aliphatic carbocycles. The van der Waals surface area contributed by atoms with E-state index in [1.165, 1.54) is 31.3 Å². The second-order valence-electron chi connectivity index (χ2n) is 9.84. The molecular formula is C36H23NOS. The number of rotatable bonds is 4. The third-order valence-corrected chi connectivity index (χ3v) is 8.70. The van der Waals surface area contributed by atoms with Gasteiger partial charge in [-0.15, -0.1) is 11.3 Å². The number of anilines is 2. The molecule has 8 rings (SSSR count). The molecule has 0 spiro atoms. The van der Waals surface area contributed by atoms with Crippen LogP contribution in [0.15, 0.2) is 138 Å². The van der Waals surface area contributed by atoms with Crippen molar-refractivity contribution in [2.45, 2.75) is 0 Å². The van der Waals surface area contributed by atoms with Crippen molar-refractivity contribution < 1.29 is 4.42 Å². The molecule has 3 heteroatoms. The summed E-state index contributed by atoms with van der Waals surface area (Å²) < 4.78 is 8.96. The molecule has 0 fully saturated rings. The predicted octanol–water partition coefficient (Wildman–Crippen LogP) is 11.0. The van der Waals surface area contributed by atoms with Crippen molar-refractivity contribution in [1.29, 1.82) is 0 Å². The molecule has 0 atom stereocenters. The Morgan fingerprint density at radius 2 is 1.26 bits per heavy atom. The van der Waals surface area contributed by atoms with Gasteiger partial charge in [-0.25, -0.2) is 0 Å². The van der Waals surface area contributed by atoms with E-state index in [1.807, 2.05) is 17.4 Å². The van der Waals surface area contributed by atoms with Crippen LogP contribution in [0.25, 0.3) is 64.4 Å². The normalized spacial score (nSPS) is 11.6. The van der Waals surface area contributed by atoms with Crippen LogP contribution in [0.4, 0.5) is 11.4 Å². The van der Waals surface area contributed by atoms with Gasteiger partial charge in [-0.05, 0) is 53.1 Å². The van der Waals surface area contributed by atoms with Crippen molar-refractivity contribution in [2.24, 2.45) is 0 Å². The van der Waals surface area contributed by atoms with E-state index in [1.54, 1.807) is 0 Å². The minimum absolute atomic E-state index is 0.909. The van der Waals surface area contributed by atoms with Crippen LogP contribution in [0.2, 0.25) is 0 Å². The lowest BCUT2D eigenvalue weighted by Gasteiger charge is -2.09. The van der Waals surface area contributed by atoms with Crippen molar-refractivity contribution in [2.75, 3.05) is 5.32 Å². The fourth-order valence-corrected chi connectivity index (χ4v) is 6.74. The van der Waals surface area contributed by atoms with E-state index in [0.29, 0.717) is 0 Å². The lowest BCUT2D eigenvalue weighted by Crippen LogP contribution is -1.90. The second kappa shape index (κ2) is 8.87. The number of furan rings is 1. The maximum Gasteiger partial charge on any atom is 0.143 e. The summed E-state index contributed by atoms with van der Waals surface area (Å²) in [6.45, 7) is 0. The maximum atomic E-state index is 6.36. The van der Waals surface area contributed by atoms with E-state index in [-0.39, 0.29) is 0 Å². The number of hydrogen-bond acceptors (Lipinski definition) is 3. The van der Waals surface area contributed by atoms with Gasteiger partial charge in [-0.3, -0.25) is 0 Å². The fourth-order valence-electron chi connectivity index (χ4n) is 5.57. The van der Waals surface area contributed by atoms with Gasteiger partial charge in [-0.2, -0.15) is 0 Å². The highest BCUT2D eigenvalue weighted by Gasteiger charge is 2.13. The van der Waals surface area contributed by atoms with Gasteiger partial charge < -0.3 is 9.73 Å². The molecule has 0 aliphatic rings. The molecule has 0 saturated carbocycles. The standard InChI is InChI=1S/C36H23NOS/c1-2-8-24(9-3-1)27-11-6-12-29-31-22-25(18-21-33(31)38-35(27)29)23-16-19-26(20-17-23)37-32-14-7-13-30-28-10-4-5-15-34(28)39-36(30)32/h1-22,37H. The molecule has 8 aromatic rings. The smallest absolute Gasteiger partial charge is 0.143 e. The third kappa shape index (κ3) is 3.70. The lowest BCUT2D eigenvalue weighted by atomic mass is 10.00. The number of fused-ring (bicyclic) bond motifs is 6. The van der Waals surface area contributed by atoms with E-state index in [9.17, 15) is 0 Å². The van der Waals surface area contributed by atoms with Gasteiger partial charge in [0.25, 0.3) is 0 Å². The van der Waals surface area contributed by atoms with Crippen LogP contribution in [0.3, 0.4) is 0 Å². The first kappa shape index (κ1) is 22.2. The number of thiophene rings is 1. The van der Waals surface area contributed by atoms with Crippen molar-refractivity contribution in [3.05, 3.63) is 133 Å². The van der Waals surface area contributed by atoms with Crippen molar-refractivity contribution in [1.82, 2.24) is 0 Å². The highest BCUT2D eigenvalue weighted by atomic mass is 32.1. The summed E-state index contributed by atoms with van der Waals surface area (Å²) in [6, 6.07) is 47.1. The zero-order chi connectivity index (χ0) is 25.8. The summed E-state index contributed by atoms with van der Waals surface area (Å²) in [7, 11) is 0. The average Bonchev–Trinajstić information content (AvgIpc) is 3.57. The van der Waals surface area contributed by atoms with Gasteiger partial charge in [0.05, 0.1) is 10.4 Å². The van der Waals surface area contributed by atoms with Crippen LogP contribution in [-0.4, -0.2) is 0 Å². The molecule has 0 amide bonds. The first-order chi connectivity index (χ1) is 19.3. The molecule has 1 N–H and O–H groups in total. The van der Waals surface area contributed by atoms with Gasteiger partial charge in [-0.1, -0.05) is 97.1 Å². The van der Waals surface area contributed by atoms with Crippen LogP contribution in [0.1, 0.15) is 0 Å². The molecule has 0 unspecified atom stereocenters. The molecule has 2 aromatic heterocycles. The molecule has 0 bridgehead atoms. The molecule has 0 saturated heterocycles. The predicted molar refractivity (Wildman–Crippen MR) is 167 cm³/mol. The highest BCUT2D eigenvalue weighted by Crippen LogP contribution is 2.40. The molecular weight excluding hydrogens is 494 g/mol. The Morgan fingerprint density at radius 1 is 0.513 bits per heavy atom. The summed E-state index contributed by atoms with van der Waals surface area (Å²) in [6.07, 6.45) is 0. The third-order valence-electron chi connectivity index (χ3n) is 7.48. The summed E-state index contributed by atoms with van der Waals surface area (Å²) in [4.78, 5) is 0. The highest BCUT2D eigenvalue weighted by molar-refractivity contribution is 7.26. The van der Waals surface area contributed by atoms with E-state index in [0.717, 1.165) is 44.4 Å².